The number of ether oxygens (including phenoxy) is 3. The van der Waals surface area contributed by atoms with Gasteiger partial charge in [-0.25, -0.2) is 9.97 Å². The first-order valence-electron chi connectivity index (χ1n) is 13.0. The monoisotopic (exact) mass is 516 g/mol. The van der Waals surface area contributed by atoms with Crippen LogP contribution in [0, 0.1) is 0 Å². The summed E-state index contributed by atoms with van der Waals surface area (Å²) in [4.78, 5) is 27.0. The summed E-state index contributed by atoms with van der Waals surface area (Å²) >= 11 is 0. The number of nitrogens with one attached hydrogen (secondary N) is 1. The number of nitrogens with zero attached hydrogens (tertiary/aromatic N) is 5. The van der Waals surface area contributed by atoms with Crippen molar-refractivity contribution in [3.8, 4) is 11.5 Å². The Morgan fingerprint density at radius 3 is 2.84 bits per heavy atom. The third kappa shape index (κ3) is 4.83. The average Bonchev–Trinajstić information content (AvgIpc) is 3.51. The lowest BCUT2D eigenvalue weighted by molar-refractivity contribution is -0.133. The molecule has 1 amide bonds. The number of benzene rings is 2. The third-order valence-corrected chi connectivity index (χ3v) is 7.44. The summed E-state index contributed by atoms with van der Waals surface area (Å²) in [7, 11) is 3.59. The van der Waals surface area contributed by atoms with E-state index in [4.69, 9.17) is 24.2 Å². The van der Waals surface area contributed by atoms with Crippen molar-refractivity contribution in [2.75, 3.05) is 65.1 Å². The lowest BCUT2D eigenvalue weighted by Crippen LogP contribution is -2.45. The van der Waals surface area contributed by atoms with Crippen LogP contribution in [0.25, 0.3) is 10.9 Å². The number of carbonyl (C=O) groups is 1. The highest BCUT2D eigenvalue weighted by Gasteiger charge is 2.27. The largest absolute Gasteiger partial charge is 0.497 e. The van der Waals surface area contributed by atoms with E-state index >= 15 is 0 Å². The second kappa shape index (κ2) is 10.4. The van der Waals surface area contributed by atoms with Gasteiger partial charge < -0.3 is 29.4 Å². The zero-order valence-corrected chi connectivity index (χ0v) is 21.7. The number of amides is 1. The van der Waals surface area contributed by atoms with Gasteiger partial charge >= 0.3 is 0 Å². The molecule has 10 heteroatoms. The minimum atomic E-state index is -0.0213. The molecule has 0 bridgehead atoms. The van der Waals surface area contributed by atoms with E-state index in [0.29, 0.717) is 38.7 Å². The van der Waals surface area contributed by atoms with Gasteiger partial charge in [0.15, 0.2) is 0 Å². The Kier molecular flexibility index (Phi) is 6.71. The van der Waals surface area contributed by atoms with E-state index in [1.54, 1.807) is 7.11 Å². The third-order valence-electron chi connectivity index (χ3n) is 7.44. The predicted octanol–water partition coefficient (Wildman–Crippen LogP) is 2.32. The summed E-state index contributed by atoms with van der Waals surface area (Å²) in [5, 5.41) is 5.10. The molecule has 2 atom stereocenters. The number of fused-ring (bicyclic) bond motifs is 2. The topological polar surface area (TPSA) is 101 Å². The maximum absolute atomic E-state index is 13.1. The minimum Gasteiger partial charge on any atom is -0.497 e. The maximum Gasteiger partial charge on any atom is 0.242 e. The van der Waals surface area contributed by atoms with E-state index in [1.807, 2.05) is 47.3 Å². The molecule has 1 aromatic heterocycles. The highest BCUT2D eigenvalue weighted by atomic mass is 16.5. The molecule has 198 valence electrons. The van der Waals surface area contributed by atoms with Gasteiger partial charge in [-0.1, -0.05) is 6.07 Å². The number of rotatable bonds is 6. The second-order valence-corrected chi connectivity index (χ2v) is 9.96. The smallest absolute Gasteiger partial charge is 0.242 e. The van der Waals surface area contributed by atoms with Gasteiger partial charge in [-0.15, -0.1) is 0 Å². The molecule has 2 aromatic carbocycles. The van der Waals surface area contributed by atoms with Crippen molar-refractivity contribution in [2.24, 2.45) is 5.10 Å². The molecular formula is C28H32N6O4. The standard InChI is InChI=1S/C28H32N6O4/c1-33(16-26(35)34-7-9-37-10-8-34)28-23-13-18(21-14-29-30-15-21)3-5-24(23)31-27(32-28)20-11-19-12-22(36-2)4-6-25(19)38-17-20/h3-6,12-14,20-21,30H,7-11,15-17H2,1-2H3. The molecular weight excluding hydrogens is 484 g/mol. The minimum absolute atomic E-state index is 0.0213. The number of hydrogen-bond donors (Lipinski definition) is 1. The van der Waals surface area contributed by atoms with Gasteiger partial charge in [0, 0.05) is 44.2 Å². The van der Waals surface area contributed by atoms with Gasteiger partial charge in [0.1, 0.15) is 23.1 Å². The van der Waals surface area contributed by atoms with Crippen molar-refractivity contribution in [3.05, 3.63) is 53.3 Å². The molecule has 38 heavy (non-hydrogen) atoms. The number of hydrogen-bond acceptors (Lipinski definition) is 9. The van der Waals surface area contributed by atoms with Gasteiger partial charge in [-0.3, -0.25) is 4.79 Å². The van der Waals surface area contributed by atoms with Gasteiger partial charge in [0.2, 0.25) is 5.91 Å². The number of hydrazone groups is 1. The molecule has 1 fully saturated rings. The Labute approximate surface area is 221 Å². The highest BCUT2D eigenvalue weighted by molar-refractivity contribution is 5.93. The molecule has 1 saturated heterocycles. The number of aromatic nitrogens is 2. The number of methoxy groups -OCH3 is 1. The molecule has 0 saturated carbocycles. The Morgan fingerprint density at radius 2 is 2.05 bits per heavy atom. The second-order valence-electron chi connectivity index (χ2n) is 9.96. The van der Waals surface area contributed by atoms with Crippen molar-refractivity contribution < 1.29 is 19.0 Å². The quantitative estimate of drug-likeness (QED) is 0.533. The summed E-state index contributed by atoms with van der Waals surface area (Å²) in [6.07, 6.45) is 2.67. The average molecular weight is 517 g/mol. The molecule has 3 aliphatic rings. The Hall–Kier alpha value is -3.92. The first-order valence-corrected chi connectivity index (χ1v) is 13.0. The first-order chi connectivity index (χ1) is 18.6. The van der Waals surface area contributed by atoms with Crippen LogP contribution in [0.3, 0.4) is 0 Å². The lowest BCUT2D eigenvalue weighted by Gasteiger charge is -2.30. The SMILES string of the molecule is COc1ccc2c(c1)CC(c1nc(N(C)CC(=O)N3CCOCC3)c3cc(C4C=NNC4)ccc3n1)CO2. The molecule has 0 aliphatic carbocycles. The van der Waals surface area contributed by atoms with Crippen molar-refractivity contribution in [3.63, 3.8) is 0 Å². The normalized spacial score (nSPS) is 20.5. The zero-order chi connectivity index (χ0) is 26.1. The molecule has 10 nitrogen and oxygen atoms in total. The molecule has 3 aliphatic heterocycles. The van der Waals surface area contributed by atoms with E-state index in [0.717, 1.165) is 52.3 Å². The van der Waals surface area contributed by atoms with Crippen molar-refractivity contribution >= 4 is 28.8 Å². The molecule has 3 aromatic rings. The first kappa shape index (κ1) is 24.4. The lowest BCUT2D eigenvalue weighted by atomic mass is 9.95. The summed E-state index contributed by atoms with van der Waals surface area (Å²) < 4.78 is 16.9. The van der Waals surface area contributed by atoms with E-state index in [-0.39, 0.29) is 24.3 Å². The molecule has 2 unspecified atom stereocenters. The van der Waals surface area contributed by atoms with Crippen molar-refractivity contribution in [2.45, 2.75) is 18.3 Å². The van der Waals surface area contributed by atoms with Crippen LogP contribution in [0.4, 0.5) is 5.82 Å². The van der Waals surface area contributed by atoms with E-state index in [1.165, 1.54) is 0 Å². The maximum atomic E-state index is 13.1. The van der Waals surface area contributed by atoms with Crippen LogP contribution in [0.5, 0.6) is 11.5 Å². The Morgan fingerprint density at radius 1 is 1.18 bits per heavy atom. The van der Waals surface area contributed by atoms with Crippen molar-refractivity contribution in [1.29, 1.82) is 0 Å². The fourth-order valence-corrected chi connectivity index (χ4v) is 5.26. The number of anilines is 1. The summed E-state index contributed by atoms with van der Waals surface area (Å²) in [6.45, 7) is 3.85. The highest BCUT2D eigenvalue weighted by Crippen LogP contribution is 2.36. The van der Waals surface area contributed by atoms with Crippen LogP contribution >= 0.6 is 0 Å². The van der Waals surface area contributed by atoms with Gasteiger partial charge in [-0.2, -0.15) is 5.10 Å². The molecule has 0 radical (unpaired) electrons. The van der Waals surface area contributed by atoms with E-state index in [2.05, 4.69) is 22.7 Å². The fourth-order valence-electron chi connectivity index (χ4n) is 5.26. The van der Waals surface area contributed by atoms with Crippen LogP contribution in [0.2, 0.25) is 0 Å². The molecule has 6 rings (SSSR count). The predicted molar refractivity (Wildman–Crippen MR) is 144 cm³/mol. The molecule has 1 N–H and O–H groups in total. The number of morpholine rings is 1. The number of carbonyl (C=O) groups excluding carboxylic acids is 1. The van der Waals surface area contributed by atoms with Crippen LogP contribution < -0.4 is 19.8 Å². The summed E-state index contributed by atoms with van der Waals surface area (Å²) in [6, 6.07) is 12.1. The zero-order valence-electron chi connectivity index (χ0n) is 21.7. The Bertz CT molecular complexity index is 1370. The van der Waals surface area contributed by atoms with Crippen LogP contribution in [0.15, 0.2) is 41.5 Å². The van der Waals surface area contributed by atoms with E-state index in [9.17, 15) is 4.79 Å². The van der Waals surface area contributed by atoms with Gasteiger partial charge in [0.05, 0.1) is 44.9 Å². The van der Waals surface area contributed by atoms with Crippen LogP contribution in [-0.4, -0.2) is 87.1 Å². The molecule has 0 spiro atoms. The van der Waals surface area contributed by atoms with Crippen LogP contribution in [-0.2, 0) is 16.0 Å². The molecule has 4 heterocycles. The van der Waals surface area contributed by atoms with Gasteiger partial charge in [-0.05, 0) is 47.9 Å². The van der Waals surface area contributed by atoms with E-state index < -0.39 is 0 Å². The fraction of sp³-hybridized carbons (Fsp3) is 0.429. The van der Waals surface area contributed by atoms with Crippen molar-refractivity contribution in [1.82, 2.24) is 20.3 Å². The van der Waals surface area contributed by atoms with Gasteiger partial charge in [0.25, 0.3) is 0 Å². The summed E-state index contributed by atoms with van der Waals surface area (Å²) in [5.41, 5.74) is 6.09. The number of likely N-dealkylation sites (N-methyl/N-ethyl adjacent to an activating group) is 1. The van der Waals surface area contributed by atoms with Crippen LogP contribution in [0.1, 0.15) is 28.8 Å². The summed E-state index contributed by atoms with van der Waals surface area (Å²) in [5.74, 6) is 3.35. The Balaban J connectivity index is 1.35.